The molecule has 0 radical (unpaired) electrons. The molecule has 1 saturated heterocycles. The fraction of sp³-hybridized carbons (Fsp3) is 0.375. The third-order valence-electron chi connectivity index (χ3n) is 3.50. The second-order valence-corrected chi connectivity index (χ2v) is 6.07. The molecule has 2 aromatic rings. The van der Waals surface area contributed by atoms with Crippen molar-refractivity contribution in [3.05, 3.63) is 36.5 Å². The van der Waals surface area contributed by atoms with Gasteiger partial charge in [-0.25, -0.2) is 4.98 Å². The molecule has 1 fully saturated rings. The van der Waals surface area contributed by atoms with Gasteiger partial charge in [0.05, 0.1) is 18.4 Å². The highest BCUT2D eigenvalue weighted by Gasteiger charge is 2.16. The lowest BCUT2D eigenvalue weighted by Gasteiger charge is -2.23. The first-order valence-corrected chi connectivity index (χ1v) is 8.15. The van der Waals surface area contributed by atoms with E-state index in [0.29, 0.717) is 12.4 Å². The molecule has 3 rings (SSSR count). The topological polar surface area (TPSA) is 51.2 Å². The Morgan fingerprint density at radius 2 is 2.29 bits per heavy atom. The van der Waals surface area contributed by atoms with Crippen LogP contribution in [-0.4, -0.2) is 35.9 Å². The number of fused-ring (bicyclic) bond motifs is 1. The third-order valence-corrected chi connectivity index (χ3v) is 4.51. The Bertz CT molecular complexity index is 621. The van der Waals surface area contributed by atoms with Gasteiger partial charge in [0.1, 0.15) is 5.03 Å². The molecule has 4 nitrogen and oxygen atoms in total. The van der Waals surface area contributed by atoms with Gasteiger partial charge < -0.3 is 10.1 Å². The number of hydrogen-bond donors (Lipinski definition) is 1. The predicted molar refractivity (Wildman–Crippen MR) is 84.5 cm³/mol. The van der Waals surface area contributed by atoms with Gasteiger partial charge in [0.2, 0.25) is 5.91 Å². The molecule has 5 heteroatoms. The minimum atomic E-state index is 0.0465. The second kappa shape index (κ2) is 6.91. The van der Waals surface area contributed by atoms with Crippen molar-refractivity contribution in [3.8, 4) is 0 Å². The van der Waals surface area contributed by atoms with Crippen LogP contribution in [0.25, 0.3) is 10.8 Å². The SMILES string of the molecule is O=C(CSc1nccc2ccccc12)NC1CCCOC1. The molecule has 1 N–H and O–H groups in total. The number of carbonyl (C=O) groups excluding carboxylic acids is 1. The van der Waals surface area contributed by atoms with Crippen LogP contribution in [0, 0.1) is 0 Å². The molecular weight excluding hydrogens is 284 g/mol. The van der Waals surface area contributed by atoms with E-state index in [1.807, 2.05) is 24.3 Å². The lowest BCUT2D eigenvalue weighted by atomic mass is 10.1. The van der Waals surface area contributed by atoms with Crippen LogP contribution in [0.5, 0.6) is 0 Å². The summed E-state index contributed by atoms with van der Waals surface area (Å²) in [5, 5.41) is 6.18. The standard InChI is InChI=1S/C16H18N2O2S/c19-15(18-13-5-3-9-20-10-13)11-21-16-14-6-2-1-4-12(14)7-8-17-16/h1-2,4,6-8,13H,3,5,9-11H2,(H,18,19). The van der Waals surface area contributed by atoms with Gasteiger partial charge in [-0.1, -0.05) is 36.0 Å². The molecule has 21 heavy (non-hydrogen) atoms. The molecule has 0 saturated carbocycles. The van der Waals surface area contributed by atoms with Crippen molar-refractivity contribution < 1.29 is 9.53 Å². The summed E-state index contributed by atoms with van der Waals surface area (Å²) in [6, 6.07) is 10.2. The molecule has 1 atom stereocenters. The minimum absolute atomic E-state index is 0.0465. The fourth-order valence-electron chi connectivity index (χ4n) is 2.46. The van der Waals surface area contributed by atoms with Gasteiger partial charge in [-0.2, -0.15) is 0 Å². The number of amides is 1. The summed E-state index contributed by atoms with van der Waals surface area (Å²) < 4.78 is 5.37. The van der Waals surface area contributed by atoms with Crippen molar-refractivity contribution in [3.63, 3.8) is 0 Å². The number of nitrogens with one attached hydrogen (secondary N) is 1. The third kappa shape index (κ3) is 3.74. The highest BCUT2D eigenvalue weighted by molar-refractivity contribution is 8.00. The lowest BCUT2D eigenvalue weighted by molar-refractivity contribution is -0.120. The number of hydrogen-bond acceptors (Lipinski definition) is 4. The molecule has 0 aliphatic carbocycles. The van der Waals surface area contributed by atoms with E-state index in [-0.39, 0.29) is 11.9 Å². The first-order valence-electron chi connectivity index (χ1n) is 7.16. The summed E-state index contributed by atoms with van der Waals surface area (Å²) in [5.74, 6) is 0.433. The average molecular weight is 302 g/mol. The van der Waals surface area contributed by atoms with Crippen molar-refractivity contribution in [1.29, 1.82) is 0 Å². The number of nitrogens with zero attached hydrogens (tertiary/aromatic N) is 1. The van der Waals surface area contributed by atoms with E-state index in [9.17, 15) is 4.79 Å². The zero-order valence-electron chi connectivity index (χ0n) is 11.7. The Hall–Kier alpha value is -1.59. The van der Waals surface area contributed by atoms with Gasteiger partial charge in [0.15, 0.2) is 0 Å². The number of ether oxygens (including phenoxy) is 1. The Morgan fingerprint density at radius 3 is 3.14 bits per heavy atom. The number of pyridine rings is 1. The van der Waals surface area contributed by atoms with Crippen molar-refractivity contribution in [2.75, 3.05) is 19.0 Å². The van der Waals surface area contributed by atoms with Crippen LogP contribution in [0.1, 0.15) is 12.8 Å². The zero-order valence-corrected chi connectivity index (χ0v) is 12.6. The van der Waals surface area contributed by atoms with Crippen molar-refractivity contribution in [2.24, 2.45) is 0 Å². The highest BCUT2D eigenvalue weighted by atomic mass is 32.2. The maximum Gasteiger partial charge on any atom is 0.230 e. The molecule has 1 amide bonds. The monoisotopic (exact) mass is 302 g/mol. The summed E-state index contributed by atoms with van der Waals surface area (Å²) in [5.41, 5.74) is 0. The van der Waals surface area contributed by atoms with Crippen molar-refractivity contribution in [2.45, 2.75) is 23.9 Å². The fourth-order valence-corrected chi connectivity index (χ4v) is 3.29. The maximum absolute atomic E-state index is 12.0. The average Bonchev–Trinajstić information content (AvgIpc) is 2.54. The normalized spacial score (nSPS) is 18.6. The molecule has 0 bridgehead atoms. The number of thioether (sulfide) groups is 1. The van der Waals surface area contributed by atoms with E-state index in [1.54, 1.807) is 6.20 Å². The Labute approximate surface area is 128 Å². The van der Waals surface area contributed by atoms with E-state index >= 15 is 0 Å². The molecule has 1 aliphatic rings. The molecule has 2 heterocycles. The zero-order chi connectivity index (χ0) is 14.5. The molecule has 1 unspecified atom stereocenters. The van der Waals surface area contributed by atoms with Crippen molar-refractivity contribution >= 4 is 28.4 Å². The Kier molecular flexibility index (Phi) is 4.72. The number of benzene rings is 1. The number of carbonyl (C=O) groups is 1. The number of rotatable bonds is 4. The smallest absolute Gasteiger partial charge is 0.230 e. The van der Waals surface area contributed by atoms with Gasteiger partial charge in [-0.15, -0.1) is 0 Å². The van der Waals surface area contributed by atoms with Gasteiger partial charge in [-0.05, 0) is 24.3 Å². The van der Waals surface area contributed by atoms with Crippen LogP contribution in [0.2, 0.25) is 0 Å². The van der Waals surface area contributed by atoms with Gasteiger partial charge >= 0.3 is 0 Å². The first-order chi connectivity index (χ1) is 10.3. The predicted octanol–water partition coefficient (Wildman–Crippen LogP) is 2.62. The van der Waals surface area contributed by atoms with E-state index in [0.717, 1.165) is 35.2 Å². The molecule has 1 aliphatic heterocycles. The van der Waals surface area contributed by atoms with Crippen molar-refractivity contribution in [1.82, 2.24) is 10.3 Å². The molecular formula is C16H18N2O2S. The van der Waals surface area contributed by atoms with E-state index < -0.39 is 0 Å². The largest absolute Gasteiger partial charge is 0.379 e. The van der Waals surface area contributed by atoms with E-state index in [1.165, 1.54) is 11.8 Å². The highest BCUT2D eigenvalue weighted by Crippen LogP contribution is 2.25. The van der Waals surface area contributed by atoms with Crippen LogP contribution in [0.3, 0.4) is 0 Å². The maximum atomic E-state index is 12.0. The van der Waals surface area contributed by atoms with Gasteiger partial charge in [-0.3, -0.25) is 4.79 Å². The van der Waals surface area contributed by atoms with E-state index in [2.05, 4.69) is 16.4 Å². The van der Waals surface area contributed by atoms with Crippen LogP contribution >= 0.6 is 11.8 Å². The summed E-state index contributed by atoms with van der Waals surface area (Å²) in [4.78, 5) is 16.4. The summed E-state index contributed by atoms with van der Waals surface area (Å²) in [6.45, 7) is 1.43. The Balaban J connectivity index is 1.59. The molecule has 110 valence electrons. The Morgan fingerprint density at radius 1 is 1.38 bits per heavy atom. The van der Waals surface area contributed by atoms with Gasteiger partial charge in [0.25, 0.3) is 0 Å². The summed E-state index contributed by atoms with van der Waals surface area (Å²) in [7, 11) is 0. The lowest BCUT2D eigenvalue weighted by Crippen LogP contribution is -2.41. The van der Waals surface area contributed by atoms with Crippen LogP contribution in [0.15, 0.2) is 41.6 Å². The summed E-state index contributed by atoms with van der Waals surface area (Å²) in [6.07, 6.45) is 3.81. The molecule has 1 aromatic carbocycles. The van der Waals surface area contributed by atoms with Crippen LogP contribution in [-0.2, 0) is 9.53 Å². The van der Waals surface area contributed by atoms with E-state index in [4.69, 9.17) is 4.74 Å². The minimum Gasteiger partial charge on any atom is -0.379 e. The van der Waals surface area contributed by atoms with Crippen LogP contribution in [0.4, 0.5) is 0 Å². The summed E-state index contributed by atoms with van der Waals surface area (Å²) >= 11 is 1.48. The van der Waals surface area contributed by atoms with Crippen LogP contribution < -0.4 is 5.32 Å². The molecule has 1 aromatic heterocycles. The first kappa shape index (κ1) is 14.4. The second-order valence-electron chi connectivity index (χ2n) is 5.11. The quantitative estimate of drug-likeness (QED) is 0.882. The number of aromatic nitrogens is 1. The molecule has 0 spiro atoms. The van der Waals surface area contributed by atoms with Gasteiger partial charge in [0, 0.05) is 18.2 Å².